The molecule has 0 aliphatic carbocycles. The van der Waals surface area contributed by atoms with E-state index >= 15 is 0 Å². The lowest BCUT2D eigenvalue weighted by atomic mass is 9.84. The number of carbonyl (C=O) groups is 4. The first-order chi connectivity index (χ1) is 22.5. The number of β-lactam (4-membered cyclic amide) rings is 1. The van der Waals surface area contributed by atoms with Crippen LogP contribution >= 0.6 is 23.1 Å². The van der Waals surface area contributed by atoms with Gasteiger partial charge in [-0.2, -0.15) is 0 Å². The first kappa shape index (κ1) is 30.7. The highest BCUT2D eigenvalue weighted by Crippen LogP contribution is 2.47. The molecule has 234 valence electrons. The summed E-state index contributed by atoms with van der Waals surface area (Å²) in [5, 5.41) is 10.5. The topological polar surface area (TPSA) is 157 Å². The monoisotopic (exact) mass is 657 g/mol. The van der Waals surface area contributed by atoms with Crippen LogP contribution in [-0.2, 0) is 24.0 Å². The largest absolute Gasteiger partial charge is 0.444 e. The summed E-state index contributed by atoms with van der Waals surface area (Å²) in [5.74, 6) is -0.904. The number of allylic oxidation sites excluding steroid dienone is 1. The quantitative estimate of drug-likeness (QED) is 0.107. The SMILES string of the molecule is CON=C(C(=O)NC1C(=O)N2C(C(c3ccccc3)c3ccccc3)=C(COC(=O)n3ccnc3)CS[C@H]12)c1csc(NC=O)n1. The summed E-state index contributed by atoms with van der Waals surface area (Å²) in [5.41, 5.74) is 3.41. The number of thioether (sulfide) groups is 1. The summed E-state index contributed by atoms with van der Waals surface area (Å²) >= 11 is 2.57. The van der Waals surface area contributed by atoms with Gasteiger partial charge < -0.3 is 20.2 Å². The predicted octanol–water partition coefficient (Wildman–Crippen LogP) is 3.43. The lowest BCUT2D eigenvalue weighted by Gasteiger charge is -2.52. The summed E-state index contributed by atoms with van der Waals surface area (Å²) in [6, 6.07) is 18.7. The van der Waals surface area contributed by atoms with E-state index in [0.717, 1.165) is 28.0 Å². The van der Waals surface area contributed by atoms with Crippen LogP contribution in [0.25, 0.3) is 0 Å². The number of nitrogens with one attached hydrogen (secondary N) is 2. The molecule has 1 unspecified atom stereocenters. The second kappa shape index (κ2) is 13.8. The van der Waals surface area contributed by atoms with E-state index in [9.17, 15) is 19.2 Å². The number of hydrogen-bond acceptors (Lipinski definition) is 11. The van der Waals surface area contributed by atoms with E-state index in [2.05, 4.69) is 25.8 Å². The van der Waals surface area contributed by atoms with Gasteiger partial charge in [0.25, 0.3) is 11.8 Å². The number of thiazole rings is 1. The Balaban J connectivity index is 1.32. The third-order valence-electron chi connectivity index (χ3n) is 7.33. The molecular formula is C31H27N7O6S2. The van der Waals surface area contributed by atoms with Crippen LogP contribution in [0.1, 0.15) is 22.7 Å². The summed E-state index contributed by atoms with van der Waals surface area (Å²) in [6.45, 7) is -0.0470. The molecule has 2 aromatic carbocycles. The van der Waals surface area contributed by atoms with Crippen molar-refractivity contribution < 1.29 is 28.8 Å². The Morgan fingerprint density at radius 1 is 1.13 bits per heavy atom. The molecule has 2 aliphatic heterocycles. The fourth-order valence-electron chi connectivity index (χ4n) is 5.31. The van der Waals surface area contributed by atoms with Gasteiger partial charge in [-0.05, 0) is 16.7 Å². The molecule has 6 rings (SSSR count). The molecule has 0 saturated carbocycles. The third kappa shape index (κ3) is 6.14. The summed E-state index contributed by atoms with van der Waals surface area (Å²) in [4.78, 5) is 65.7. The molecule has 2 aromatic heterocycles. The van der Waals surface area contributed by atoms with E-state index in [-0.39, 0.29) is 35.0 Å². The number of hydrogen-bond donors (Lipinski definition) is 2. The number of aromatic nitrogens is 3. The van der Waals surface area contributed by atoms with Crippen molar-refractivity contribution in [1.29, 1.82) is 0 Å². The van der Waals surface area contributed by atoms with Gasteiger partial charge in [0, 0.05) is 35.1 Å². The highest BCUT2D eigenvalue weighted by Gasteiger charge is 2.54. The van der Waals surface area contributed by atoms with E-state index in [1.54, 1.807) is 10.3 Å². The van der Waals surface area contributed by atoms with Gasteiger partial charge in [0.1, 0.15) is 37.2 Å². The average molecular weight is 658 g/mol. The molecule has 3 amide bonds. The number of oxime groups is 1. The number of amides is 3. The molecule has 0 spiro atoms. The van der Waals surface area contributed by atoms with E-state index in [4.69, 9.17) is 9.57 Å². The highest BCUT2D eigenvalue weighted by atomic mass is 32.2. The highest BCUT2D eigenvalue weighted by molar-refractivity contribution is 8.00. The van der Waals surface area contributed by atoms with Gasteiger partial charge in [-0.1, -0.05) is 65.8 Å². The minimum atomic E-state index is -0.872. The number of carbonyl (C=O) groups excluding carboxylic acids is 4. The van der Waals surface area contributed by atoms with Crippen LogP contribution in [0.5, 0.6) is 0 Å². The van der Waals surface area contributed by atoms with Gasteiger partial charge >= 0.3 is 6.09 Å². The molecule has 1 saturated heterocycles. The number of fused-ring (bicyclic) bond motifs is 1. The molecule has 4 aromatic rings. The van der Waals surface area contributed by atoms with Crippen LogP contribution in [-0.4, -0.2) is 80.3 Å². The van der Waals surface area contributed by atoms with Crippen LogP contribution < -0.4 is 10.6 Å². The zero-order valence-corrected chi connectivity index (χ0v) is 25.9. The molecular weight excluding hydrogens is 631 g/mol. The minimum Gasteiger partial charge on any atom is -0.444 e. The average Bonchev–Trinajstić information content (AvgIpc) is 3.79. The van der Waals surface area contributed by atoms with Crippen molar-refractivity contribution in [1.82, 2.24) is 24.8 Å². The number of benzene rings is 2. The first-order valence-corrected chi connectivity index (χ1v) is 15.9. The fraction of sp³-hybridized carbons (Fsp3) is 0.194. The van der Waals surface area contributed by atoms with Crippen LogP contribution in [0, 0.1) is 0 Å². The van der Waals surface area contributed by atoms with Crippen LogP contribution in [0.15, 0.2) is 101 Å². The lowest BCUT2D eigenvalue weighted by Crippen LogP contribution is -2.71. The molecule has 1 fully saturated rings. The number of rotatable bonds is 11. The van der Waals surface area contributed by atoms with Gasteiger partial charge in [-0.25, -0.2) is 19.3 Å². The molecule has 2 aliphatic rings. The van der Waals surface area contributed by atoms with Gasteiger partial charge in [-0.15, -0.1) is 23.1 Å². The molecule has 15 heteroatoms. The first-order valence-electron chi connectivity index (χ1n) is 14.0. The second-order valence-electron chi connectivity index (χ2n) is 10.1. The van der Waals surface area contributed by atoms with Gasteiger partial charge in [0.2, 0.25) is 6.41 Å². The second-order valence-corrected chi connectivity index (χ2v) is 12.0. The van der Waals surface area contributed by atoms with Crippen molar-refractivity contribution in [2.75, 3.05) is 24.8 Å². The number of nitrogens with zero attached hydrogens (tertiary/aromatic N) is 5. The summed E-state index contributed by atoms with van der Waals surface area (Å²) < 4.78 is 6.92. The Bertz CT molecular complexity index is 1750. The maximum Gasteiger partial charge on any atom is 0.419 e. The Labute approximate surface area is 271 Å². The Kier molecular flexibility index (Phi) is 9.21. The summed E-state index contributed by atoms with van der Waals surface area (Å²) in [7, 11) is 1.29. The summed E-state index contributed by atoms with van der Waals surface area (Å²) in [6.07, 6.45) is 4.23. The van der Waals surface area contributed by atoms with Crippen LogP contribution in [0.2, 0.25) is 0 Å². The van der Waals surface area contributed by atoms with Crippen LogP contribution in [0.3, 0.4) is 0 Å². The molecule has 0 radical (unpaired) electrons. The van der Waals surface area contributed by atoms with Crippen molar-refractivity contribution in [3.8, 4) is 0 Å². The van der Waals surface area contributed by atoms with Crippen molar-refractivity contribution in [2.45, 2.75) is 17.3 Å². The molecule has 2 atom stereocenters. The molecule has 13 nitrogen and oxygen atoms in total. The van der Waals surface area contributed by atoms with E-state index in [0.29, 0.717) is 17.9 Å². The zero-order chi connectivity index (χ0) is 32.0. The normalized spacial score (nSPS) is 17.7. The number of ether oxygens (including phenoxy) is 1. The van der Waals surface area contributed by atoms with Crippen molar-refractivity contribution in [3.05, 3.63) is 113 Å². The van der Waals surface area contributed by atoms with E-state index in [1.807, 2.05) is 60.7 Å². The van der Waals surface area contributed by atoms with Crippen molar-refractivity contribution >= 4 is 58.3 Å². The zero-order valence-electron chi connectivity index (χ0n) is 24.3. The van der Waals surface area contributed by atoms with Crippen molar-refractivity contribution in [2.24, 2.45) is 5.16 Å². The maximum absolute atomic E-state index is 14.0. The van der Waals surface area contributed by atoms with Gasteiger partial charge in [0.05, 0.1) is 0 Å². The molecule has 4 heterocycles. The van der Waals surface area contributed by atoms with Gasteiger partial charge in [-0.3, -0.25) is 19.3 Å². The maximum atomic E-state index is 14.0. The third-order valence-corrected chi connectivity index (χ3v) is 9.44. The minimum absolute atomic E-state index is 0.0470. The number of anilines is 1. The molecule has 46 heavy (non-hydrogen) atoms. The van der Waals surface area contributed by atoms with E-state index < -0.39 is 23.4 Å². The molecule has 0 bridgehead atoms. The fourth-order valence-corrected chi connectivity index (χ4v) is 7.31. The standard InChI is InChI=1S/C31H27N7O6S2/c1-43-36-24(22-16-46-30(34-22)33-18-39)27(40)35-25-28(41)38-26(23(19-8-4-2-5-9-19)20-10-6-3-7-11-20)21(15-45-29(25)38)14-44-31(42)37-13-12-32-17-37/h2-13,16-18,23,25,29H,14-15H2,1H3,(H,35,40)(H,33,34,39)/t25?,29-/m1/s1. The Morgan fingerprint density at radius 3 is 2.48 bits per heavy atom. The van der Waals surface area contributed by atoms with Crippen LogP contribution in [0.4, 0.5) is 9.93 Å². The Morgan fingerprint density at radius 2 is 1.85 bits per heavy atom. The Hall–Kier alpha value is -5.28. The van der Waals surface area contributed by atoms with Crippen molar-refractivity contribution in [3.63, 3.8) is 0 Å². The smallest absolute Gasteiger partial charge is 0.419 e. The lowest BCUT2D eigenvalue weighted by molar-refractivity contribution is -0.145. The predicted molar refractivity (Wildman–Crippen MR) is 171 cm³/mol. The van der Waals surface area contributed by atoms with E-state index in [1.165, 1.54) is 42.2 Å². The molecule has 2 N–H and O–H groups in total. The number of imidazole rings is 1. The van der Waals surface area contributed by atoms with Gasteiger partial charge in [0.15, 0.2) is 10.8 Å².